The van der Waals surface area contributed by atoms with Crippen LogP contribution in [0.2, 0.25) is 5.02 Å². The lowest BCUT2D eigenvalue weighted by Crippen LogP contribution is -2.39. The molecule has 1 saturated heterocycles. The Hall–Kier alpha value is -3.46. The molecule has 2 N–H and O–H groups in total. The Kier molecular flexibility index (Phi) is 5.60. The van der Waals surface area contributed by atoms with Crippen LogP contribution in [-0.2, 0) is 4.79 Å². The van der Waals surface area contributed by atoms with E-state index < -0.39 is 12.1 Å². The zero-order valence-corrected chi connectivity index (χ0v) is 18.0. The zero-order valence-electron chi connectivity index (χ0n) is 17.3. The number of anilines is 2. The molecule has 0 aliphatic carbocycles. The van der Waals surface area contributed by atoms with Gasteiger partial charge in [0, 0.05) is 23.1 Å². The van der Waals surface area contributed by atoms with Crippen molar-refractivity contribution in [3.8, 4) is 5.69 Å². The second-order valence-corrected chi connectivity index (χ2v) is 8.08. The predicted molar refractivity (Wildman–Crippen MR) is 117 cm³/mol. The second-order valence-electron chi connectivity index (χ2n) is 7.64. The lowest BCUT2D eigenvalue weighted by Gasteiger charge is -2.23. The van der Waals surface area contributed by atoms with Gasteiger partial charge in [-0.25, -0.2) is 14.8 Å². The molecule has 2 aromatic heterocycles. The molecule has 0 saturated carbocycles. The molecule has 9 nitrogen and oxygen atoms in total. The minimum atomic E-state index is -0.609. The molecule has 1 unspecified atom stereocenters. The number of imidazole rings is 1. The predicted octanol–water partition coefficient (Wildman–Crippen LogP) is 3.57. The Balaban J connectivity index is 1.52. The standard InChI is InChI=1S/C21H22ClN7O2/c1-12(2)18-19(30)27-21(31)29(18)17-8-9-23-20(26-17)25-13(3)16-10-28(11-24-16)15-6-4-14(22)5-7-15/h4-13,18H,1-3H3,(H,23,25,26)(H,27,30,31)/t13?,18-/m0/s1. The van der Waals surface area contributed by atoms with E-state index in [0.29, 0.717) is 16.8 Å². The number of aromatic nitrogens is 4. The Morgan fingerprint density at radius 3 is 2.55 bits per heavy atom. The third-order valence-electron chi connectivity index (χ3n) is 5.03. The zero-order chi connectivity index (χ0) is 22.1. The molecule has 3 amide bonds. The van der Waals surface area contributed by atoms with E-state index in [2.05, 4.69) is 25.6 Å². The van der Waals surface area contributed by atoms with Gasteiger partial charge in [0.05, 0.1) is 18.1 Å². The van der Waals surface area contributed by atoms with Crippen LogP contribution in [0, 0.1) is 5.92 Å². The largest absolute Gasteiger partial charge is 0.346 e. The van der Waals surface area contributed by atoms with Crippen LogP contribution in [0.3, 0.4) is 0 Å². The van der Waals surface area contributed by atoms with E-state index in [1.807, 2.05) is 55.8 Å². The molecule has 0 radical (unpaired) electrons. The SMILES string of the molecule is CC(Nc1nccc(N2C(=O)NC(=O)[C@@H]2C(C)C)n1)c1cn(-c2ccc(Cl)cc2)cn1. The number of nitrogens with zero attached hydrogens (tertiary/aromatic N) is 5. The van der Waals surface area contributed by atoms with Gasteiger partial charge in [0.1, 0.15) is 11.9 Å². The number of hydrogen-bond acceptors (Lipinski definition) is 6. The fourth-order valence-electron chi connectivity index (χ4n) is 3.47. The average Bonchev–Trinajstić information content (AvgIpc) is 3.33. The minimum Gasteiger partial charge on any atom is -0.346 e. The first-order valence-corrected chi connectivity index (χ1v) is 10.2. The third-order valence-corrected chi connectivity index (χ3v) is 5.28. The molecule has 0 bridgehead atoms. The molecule has 1 fully saturated rings. The van der Waals surface area contributed by atoms with Crippen molar-refractivity contribution in [1.82, 2.24) is 24.8 Å². The van der Waals surface area contributed by atoms with Gasteiger partial charge < -0.3 is 9.88 Å². The van der Waals surface area contributed by atoms with Crippen molar-refractivity contribution in [3.05, 3.63) is 59.8 Å². The number of imide groups is 1. The van der Waals surface area contributed by atoms with Crippen molar-refractivity contribution in [3.63, 3.8) is 0 Å². The summed E-state index contributed by atoms with van der Waals surface area (Å²) in [6.45, 7) is 5.71. The smallest absolute Gasteiger partial charge is 0.330 e. The van der Waals surface area contributed by atoms with Gasteiger partial charge in [-0.2, -0.15) is 4.98 Å². The maximum absolute atomic E-state index is 12.3. The lowest BCUT2D eigenvalue weighted by molar-refractivity contribution is -0.120. The maximum Gasteiger partial charge on any atom is 0.330 e. The number of hydrogen-bond donors (Lipinski definition) is 2. The number of rotatable bonds is 6. The Morgan fingerprint density at radius 1 is 1.10 bits per heavy atom. The van der Waals surface area contributed by atoms with Crippen molar-refractivity contribution < 1.29 is 9.59 Å². The molecular formula is C21H22ClN7O2. The van der Waals surface area contributed by atoms with E-state index in [9.17, 15) is 9.59 Å². The summed E-state index contributed by atoms with van der Waals surface area (Å²) >= 11 is 5.95. The quantitative estimate of drug-likeness (QED) is 0.569. The van der Waals surface area contributed by atoms with Gasteiger partial charge in [0.15, 0.2) is 0 Å². The molecule has 31 heavy (non-hydrogen) atoms. The number of urea groups is 1. The highest BCUT2D eigenvalue weighted by Crippen LogP contribution is 2.25. The first-order chi connectivity index (χ1) is 14.8. The molecule has 160 valence electrons. The highest BCUT2D eigenvalue weighted by Gasteiger charge is 2.42. The molecule has 0 spiro atoms. The first-order valence-electron chi connectivity index (χ1n) is 9.87. The van der Waals surface area contributed by atoms with Crippen molar-refractivity contribution in [2.75, 3.05) is 10.2 Å². The molecule has 2 atom stereocenters. The number of nitrogens with one attached hydrogen (secondary N) is 2. The monoisotopic (exact) mass is 439 g/mol. The van der Waals surface area contributed by atoms with Gasteiger partial charge in [0.2, 0.25) is 5.95 Å². The Labute approximate surface area is 184 Å². The van der Waals surface area contributed by atoms with Crippen LogP contribution >= 0.6 is 11.6 Å². The highest BCUT2D eigenvalue weighted by molar-refractivity contribution is 6.30. The van der Waals surface area contributed by atoms with Gasteiger partial charge in [-0.15, -0.1) is 0 Å². The second kappa shape index (κ2) is 8.35. The molecule has 3 heterocycles. The summed E-state index contributed by atoms with van der Waals surface area (Å²) in [6.07, 6.45) is 5.19. The van der Waals surface area contributed by atoms with E-state index in [1.165, 1.54) is 4.90 Å². The van der Waals surface area contributed by atoms with Crippen LogP contribution < -0.4 is 15.5 Å². The van der Waals surface area contributed by atoms with E-state index in [1.54, 1.807) is 18.6 Å². The van der Waals surface area contributed by atoms with Gasteiger partial charge in [-0.05, 0) is 43.2 Å². The van der Waals surface area contributed by atoms with Crippen LogP contribution in [0.5, 0.6) is 0 Å². The Bertz CT molecular complexity index is 1110. The normalized spacial score (nSPS) is 17.2. The van der Waals surface area contributed by atoms with Gasteiger partial charge in [-0.3, -0.25) is 15.0 Å². The number of halogens is 1. The summed E-state index contributed by atoms with van der Waals surface area (Å²) in [4.78, 5) is 39.0. The minimum absolute atomic E-state index is 0.0615. The van der Waals surface area contributed by atoms with Crippen LogP contribution in [0.15, 0.2) is 49.1 Å². The van der Waals surface area contributed by atoms with Crippen molar-refractivity contribution in [1.29, 1.82) is 0 Å². The first kappa shape index (κ1) is 20.8. The van der Waals surface area contributed by atoms with E-state index in [4.69, 9.17) is 11.6 Å². The van der Waals surface area contributed by atoms with Crippen molar-refractivity contribution >= 4 is 35.3 Å². The van der Waals surface area contributed by atoms with Gasteiger partial charge in [-0.1, -0.05) is 25.4 Å². The third kappa shape index (κ3) is 4.22. The van der Waals surface area contributed by atoms with E-state index >= 15 is 0 Å². The maximum atomic E-state index is 12.3. The fraction of sp³-hybridized carbons (Fsp3) is 0.286. The average molecular weight is 440 g/mol. The summed E-state index contributed by atoms with van der Waals surface area (Å²) in [6, 6.07) is 7.78. The van der Waals surface area contributed by atoms with Crippen LogP contribution in [0.25, 0.3) is 5.69 Å². The number of carbonyl (C=O) groups excluding carboxylic acids is 2. The topological polar surface area (TPSA) is 105 Å². The number of amides is 3. The molecule has 3 aromatic rings. The van der Waals surface area contributed by atoms with Crippen LogP contribution in [0.1, 0.15) is 32.5 Å². The number of carbonyl (C=O) groups is 2. The van der Waals surface area contributed by atoms with Crippen molar-refractivity contribution in [2.45, 2.75) is 32.9 Å². The van der Waals surface area contributed by atoms with E-state index in [0.717, 1.165) is 11.4 Å². The molecule has 4 rings (SSSR count). The van der Waals surface area contributed by atoms with Crippen molar-refractivity contribution in [2.24, 2.45) is 5.92 Å². The summed E-state index contributed by atoms with van der Waals surface area (Å²) in [5.74, 6) is 0.307. The summed E-state index contributed by atoms with van der Waals surface area (Å²) in [5, 5.41) is 6.23. The van der Waals surface area contributed by atoms with Gasteiger partial charge in [0.25, 0.3) is 5.91 Å². The number of benzene rings is 1. The fourth-order valence-corrected chi connectivity index (χ4v) is 3.59. The van der Waals surface area contributed by atoms with Gasteiger partial charge >= 0.3 is 6.03 Å². The highest BCUT2D eigenvalue weighted by atomic mass is 35.5. The Morgan fingerprint density at radius 2 is 1.84 bits per heavy atom. The molecule has 1 aromatic carbocycles. The lowest BCUT2D eigenvalue weighted by atomic mass is 10.0. The molecule has 1 aliphatic rings. The summed E-state index contributed by atoms with van der Waals surface area (Å²) < 4.78 is 1.90. The van der Waals surface area contributed by atoms with Crippen LogP contribution in [-0.4, -0.2) is 37.5 Å². The molecular weight excluding hydrogens is 418 g/mol. The van der Waals surface area contributed by atoms with E-state index in [-0.39, 0.29) is 17.9 Å². The van der Waals surface area contributed by atoms with Crippen LogP contribution in [0.4, 0.5) is 16.6 Å². The summed E-state index contributed by atoms with van der Waals surface area (Å²) in [7, 11) is 0. The summed E-state index contributed by atoms with van der Waals surface area (Å²) in [5.41, 5.74) is 1.73. The molecule has 1 aliphatic heterocycles. The molecule has 10 heteroatoms.